The Morgan fingerprint density at radius 3 is 1.08 bits per heavy atom. The molecule has 104 heavy (non-hydrogen) atoms. The van der Waals surface area contributed by atoms with Crippen molar-refractivity contribution in [1.82, 2.24) is 19.9 Å². The number of nitrogens with zero attached hydrogens (tertiary/aromatic N) is 2. The summed E-state index contributed by atoms with van der Waals surface area (Å²) >= 11 is 0. The molecule has 0 amide bonds. The second-order valence-corrected chi connectivity index (χ2v) is 28.2. The summed E-state index contributed by atoms with van der Waals surface area (Å²) in [5.74, 6) is 0.423. The number of H-pyrrole nitrogens is 2. The molecule has 4 saturated heterocycles. The maximum Gasteiger partial charge on any atom is 0.229 e. The van der Waals surface area contributed by atoms with Gasteiger partial charge in [-0.05, 0) is 110 Å². The quantitative estimate of drug-likeness (QED) is 0.0201. The second-order valence-electron chi connectivity index (χ2n) is 28.2. The van der Waals surface area contributed by atoms with Crippen molar-refractivity contribution in [1.29, 1.82) is 0 Å². The number of aromatic nitrogens is 4. The van der Waals surface area contributed by atoms with Gasteiger partial charge in [0.2, 0.25) is 12.6 Å². The minimum atomic E-state index is -1.83. The predicted octanol–water partition coefficient (Wildman–Crippen LogP) is 6.14. The number of fused-ring (bicyclic) bond motifs is 8. The van der Waals surface area contributed by atoms with Gasteiger partial charge in [-0.1, -0.05) is 141 Å². The molecule has 20 atom stereocenters. The molecule has 0 aliphatic carbocycles. The van der Waals surface area contributed by atoms with Crippen LogP contribution in [-0.4, -0.2) is 241 Å². The zero-order valence-electron chi connectivity index (χ0n) is 59.2. The molecule has 0 radical (unpaired) electrons. The van der Waals surface area contributed by atoms with Gasteiger partial charge in [-0.2, -0.15) is 0 Å². The highest BCUT2D eigenvalue weighted by molar-refractivity contribution is 5.97. The van der Waals surface area contributed by atoms with Gasteiger partial charge in [0.25, 0.3) is 0 Å². The van der Waals surface area contributed by atoms with E-state index in [1.54, 1.807) is 24.3 Å². The number of aliphatic hydroxyl groups excluding tert-OH is 14. The van der Waals surface area contributed by atoms with E-state index in [4.69, 9.17) is 47.9 Å². The standard InChI is InChI=1S/C78H106N4O22/c1-3-5-7-9-11-13-15-17-19-21-47-49-31-32-50(79-49)48(22-20-18-16-14-12-10-8-6-4-2)52-34-36-54(81-52)62(44-25-29-46(30-26-44)98-76-72(96)68(92)74(60(42-86)102-76)104-78-70(94)66(90)64(88)58(40-84)100-78)56-38-37-55(82-56)61(53-35-33-51(47)80-53)43-23-27-45(28-24-43)97-75-71(95)67(91)73(59(41-85)101-75)103-77-69(93)65(89)63(87)57(39-83)99-77/h23-38,57-60,63-78,80,82-96H,3-22,39-42H2,1-2H3/t57-,58-,59-,60-,63-,64-,65+,66+,67-,68-,69-,70-,71-,72-,73-,74-,75-,76-,77-,78-/m1/s1. The molecule has 4 fully saturated rings. The number of rotatable bonds is 34. The Hall–Kier alpha value is -6.16. The lowest BCUT2D eigenvalue weighted by molar-refractivity contribution is -0.352. The number of aromatic amines is 2. The van der Waals surface area contributed by atoms with Crippen molar-refractivity contribution < 1.29 is 109 Å². The summed E-state index contributed by atoms with van der Waals surface area (Å²) in [6.45, 7) is 1.50. The van der Waals surface area contributed by atoms with E-state index in [-0.39, 0.29) is 11.5 Å². The lowest BCUT2D eigenvalue weighted by atomic mass is 9.97. The Labute approximate surface area is 605 Å². The fourth-order valence-corrected chi connectivity index (χ4v) is 14.7. The molecule has 6 aliphatic heterocycles. The van der Waals surface area contributed by atoms with E-state index in [2.05, 4.69) is 54.2 Å². The van der Waals surface area contributed by atoms with E-state index in [1.165, 1.54) is 77.0 Å². The third kappa shape index (κ3) is 18.5. The lowest BCUT2D eigenvalue weighted by Gasteiger charge is -2.45. The Morgan fingerprint density at radius 1 is 0.327 bits per heavy atom. The number of benzene rings is 2. The number of hydrogen-bond donors (Lipinski definition) is 16. The zero-order valence-corrected chi connectivity index (χ0v) is 59.2. The molecule has 0 saturated carbocycles. The Balaban J connectivity index is 0.946. The van der Waals surface area contributed by atoms with Crippen LogP contribution in [0.5, 0.6) is 11.5 Å². The highest BCUT2D eigenvalue weighted by Gasteiger charge is 2.53. The largest absolute Gasteiger partial charge is 0.462 e. The molecule has 6 aliphatic rings. The van der Waals surface area contributed by atoms with Gasteiger partial charge in [0.15, 0.2) is 12.6 Å². The SMILES string of the molecule is CCCCCCCCCCCc1c2nc(c(CCCCCCCCCCC)c3ccc([nH]3)c(-c3ccc(O[C@@H]4O[C@H](CO)[C@@H](O[C@H]5O[C@H](CO)[C@@H](O)[C@H](O)[C@H]5O)[C@H](O)[C@H]4O)cc3)c3ccc([nH]3)c(-c3ccc(O[C@@H]4O[C@H](CO)[C@@H](O[C@H]5O[C@H](CO)[C@@H](O)[C@H](O)[C@H]5O)[C@H](O)[C@H]4O)cc3)c3nc1C=C3)C=C2. The van der Waals surface area contributed by atoms with E-state index in [1.807, 2.05) is 42.5 Å². The van der Waals surface area contributed by atoms with Crippen LogP contribution >= 0.6 is 0 Å². The third-order valence-corrected chi connectivity index (χ3v) is 20.7. The molecule has 9 heterocycles. The highest BCUT2D eigenvalue weighted by Crippen LogP contribution is 2.39. The molecule has 0 spiro atoms. The summed E-state index contributed by atoms with van der Waals surface area (Å²) in [6, 6.07) is 22.1. The monoisotopic (exact) mass is 1450 g/mol. The average molecular weight is 1450 g/mol. The van der Waals surface area contributed by atoms with Gasteiger partial charge in [-0.25, -0.2) is 9.97 Å². The number of aryl methyl sites for hydroxylation is 1. The van der Waals surface area contributed by atoms with E-state index in [9.17, 15) is 71.5 Å². The zero-order chi connectivity index (χ0) is 73.6. The molecule has 26 nitrogen and oxygen atoms in total. The van der Waals surface area contributed by atoms with E-state index >= 15 is 0 Å². The van der Waals surface area contributed by atoms with Gasteiger partial charge < -0.3 is 119 Å². The summed E-state index contributed by atoms with van der Waals surface area (Å²) in [6.07, 6.45) is -1.75. The first-order valence-electron chi connectivity index (χ1n) is 37.3. The van der Waals surface area contributed by atoms with Gasteiger partial charge >= 0.3 is 0 Å². The maximum atomic E-state index is 11.5. The second kappa shape index (κ2) is 37.6. The molecule has 3 aromatic heterocycles. The summed E-state index contributed by atoms with van der Waals surface area (Å²) in [5.41, 5.74) is 11.2. The van der Waals surface area contributed by atoms with Gasteiger partial charge in [0.1, 0.15) is 109 Å². The van der Waals surface area contributed by atoms with E-state index in [0.717, 1.165) is 102 Å². The van der Waals surface area contributed by atoms with Crippen LogP contribution in [-0.2, 0) is 41.3 Å². The Morgan fingerprint density at radius 2 is 0.654 bits per heavy atom. The summed E-state index contributed by atoms with van der Waals surface area (Å²) in [4.78, 5) is 18.6. The van der Waals surface area contributed by atoms with Crippen molar-refractivity contribution in [3.8, 4) is 33.8 Å². The first-order chi connectivity index (χ1) is 50.5. The normalized spacial score (nSPS) is 29.9. The van der Waals surface area contributed by atoms with Crippen LogP contribution < -0.4 is 9.47 Å². The molecule has 5 aromatic rings. The number of ether oxygens (including phenoxy) is 8. The third-order valence-electron chi connectivity index (χ3n) is 20.7. The lowest BCUT2D eigenvalue weighted by Crippen LogP contribution is -2.65. The number of unbranched alkanes of at least 4 members (excludes halogenated alkanes) is 16. The number of hydrogen-bond acceptors (Lipinski definition) is 24. The van der Waals surface area contributed by atoms with E-state index in [0.29, 0.717) is 27.9 Å². The number of nitrogens with one attached hydrogen (secondary N) is 2. The van der Waals surface area contributed by atoms with Gasteiger partial charge in [0, 0.05) is 44.3 Å². The van der Waals surface area contributed by atoms with Crippen molar-refractivity contribution in [3.63, 3.8) is 0 Å². The van der Waals surface area contributed by atoms with Crippen LogP contribution in [0.15, 0.2) is 72.8 Å². The van der Waals surface area contributed by atoms with Crippen LogP contribution in [0.4, 0.5) is 0 Å². The summed E-state index contributed by atoms with van der Waals surface area (Å²) in [7, 11) is 0. The topological polar surface area (TPSA) is 414 Å². The molecule has 16 N–H and O–H groups in total. The van der Waals surface area contributed by atoms with Crippen molar-refractivity contribution in [2.45, 2.75) is 265 Å². The Kier molecular flexibility index (Phi) is 28.5. The van der Waals surface area contributed by atoms with Crippen LogP contribution in [0.25, 0.3) is 68.6 Å². The first kappa shape index (κ1) is 78.9. The number of aliphatic hydroxyl groups is 14. The maximum absolute atomic E-state index is 11.5. The molecular weight excluding hydrogens is 1340 g/mol. The molecule has 26 heteroatoms. The molecule has 11 rings (SSSR count). The van der Waals surface area contributed by atoms with Crippen LogP contribution in [0, 0.1) is 0 Å². The van der Waals surface area contributed by atoms with Crippen LogP contribution in [0.1, 0.15) is 163 Å². The molecule has 570 valence electrons. The van der Waals surface area contributed by atoms with E-state index < -0.39 is 149 Å². The fourth-order valence-electron chi connectivity index (χ4n) is 14.7. The van der Waals surface area contributed by atoms with Crippen LogP contribution in [0.3, 0.4) is 0 Å². The minimum Gasteiger partial charge on any atom is -0.462 e. The molecular formula is C78H106N4O22. The van der Waals surface area contributed by atoms with Crippen molar-refractivity contribution in [2.24, 2.45) is 0 Å². The van der Waals surface area contributed by atoms with Crippen LogP contribution in [0.2, 0.25) is 0 Å². The van der Waals surface area contributed by atoms with Gasteiger partial charge in [0.05, 0.1) is 49.2 Å². The fraction of sp³-hybridized carbons (Fsp3) is 0.590. The molecule has 8 bridgehead atoms. The highest BCUT2D eigenvalue weighted by atomic mass is 16.8. The molecule has 0 unspecified atom stereocenters. The summed E-state index contributed by atoms with van der Waals surface area (Å²) in [5, 5.41) is 149. The van der Waals surface area contributed by atoms with Crippen molar-refractivity contribution in [3.05, 3.63) is 107 Å². The smallest absolute Gasteiger partial charge is 0.229 e. The molecule has 2 aromatic carbocycles. The van der Waals surface area contributed by atoms with Crippen molar-refractivity contribution >= 4 is 46.4 Å². The van der Waals surface area contributed by atoms with Crippen molar-refractivity contribution in [2.75, 3.05) is 26.4 Å². The minimum absolute atomic E-state index is 0.209. The van der Waals surface area contributed by atoms with Gasteiger partial charge in [-0.3, -0.25) is 0 Å². The summed E-state index contributed by atoms with van der Waals surface area (Å²) < 4.78 is 46.9. The predicted molar refractivity (Wildman–Crippen MR) is 386 cm³/mol. The Bertz CT molecular complexity index is 3750. The van der Waals surface area contributed by atoms with Gasteiger partial charge in [-0.15, -0.1) is 0 Å². The first-order valence-corrected chi connectivity index (χ1v) is 37.3. The average Bonchev–Trinajstić information content (AvgIpc) is 1.71.